The summed E-state index contributed by atoms with van der Waals surface area (Å²) >= 11 is 0. The molecule has 0 spiro atoms. The van der Waals surface area contributed by atoms with E-state index in [-0.39, 0.29) is 23.5 Å². The first-order chi connectivity index (χ1) is 11.4. The van der Waals surface area contributed by atoms with Crippen molar-refractivity contribution in [2.24, 2.45) is 0 Å². The second kappa shape index (κ2) is 6.71. The van der Waals surface area contributed by atoms with E-state index in [0.29, 0.717) is 18.8 Å². The van der Waals surface area contributed by atoms with E-state index < -0.39 is 10.0 Å². The molecule has 0 saturated heterocycles. The molecule has 24 heavy (non-hydrogen) atoms. The van der Waals surface area contributed by atoms with Crippen LogP contribution in [0.25, 0.3) is 0 Å². The molecule has 8 nitrogen and oxygen atoms in total. The molecule has 1 aliphatic heterocycles. The number of carbonyl (C=O) groups excluding carboxylic acids is 1. The van der Waals surface area contributed by atoms with Crippen LogP contribution in [0.4, 0.5) is 5.69 Å². The van der Waals surface area contributed by atoms with E-state index in [2.05, 4.69) is 15.0 Å². The van der Waals surface area contributed by atoms with Crippen LogP contribution >= 0.6 is 0 Å². The van der Waals surface area contributed by atoms with Gasteiger partial charge >= 0.3 is 0 Å². The third kappa shape index (κ3) is 3.81. The molecular formula is C15H18N4O4S. The molecule has 1 aromatic heterocycles. The Morgan fingerprint density at radius 1 is 1.38 bits per heavy atom. The molecule has 2 heterocycles. The van der Waals surface area contributed by atoms with Gasteiger partial charge in [-0.15, -0.1) is 0 Å². The number of hydrogen-bond acceptors (Lipinski definition) is 5. The van der Waals surface area contributed by atoms with Crippen molar-refractivity contribution in [3.05, 3.63) is 42.5 Å². The summed E-state index contributed by atoms with van der Waals surface area (Å²) in [7, 11) is -3.64. The van der Waals surface area contributed by atoms with Gasteiger partial charge in [0.05, 0.1) is 17.5 Å². The Morgan fingerprint density at radius 2 is 2.12 bits per heavy atom. The number of nitrogens with zero attached hydrogens (tertiary/aromatic N) is 2. The number of fused-ring (bicyclic) bond motifs is 1. The highest BCUT2D eigenvalue weighted by Gasteiger charge is 2.22. The number of hydrogen-bond donors (Lipinski definition) is 2. The number of sulfonamides is 1. The zero-order valence-electron chi connectivity index (χ0n) is 13.1. The number of imidazole rings is 1. The van der Waals surface area contributed by atoms with Gasteiger partial charge in [-0.25, -0.2) is 18.1 Å². The molecule has 1 aromatic carbocycles. The van der Waals surface area contributed by atoms with E-state index in [9.17, 15) is 13.2 Å². The van der Waals surface area contributed by atoms with Crippen LogP contribution in [0.5, 0.6) is 0 Å². The lowest BCUT2D eigenvalue weighted by atomic mass is 10.3. The van der Waals surface area contributed by atoms with E-state index in [0.717, 1.165) is 5.82 Å². The van der Waals surface area contributed by atoms with Crippen LogP contribution in [0.1, 0.15) is 12.7 Å². The van der Waals surface area contributed by atoms with Crippen LogP contribution in [-0.4, -0.2) is 36.5 Å². The van der Waals surface area contributed by atoms with Crippen molar-refractivity contribution in [1.82, 2.24) is 14.3 Å². The van der Waals surface area contributed by atoms with E-state index in [1.807, 2.05) is 10.8 Å². The Bertz CT molecular complexity index is 829. The number of nitrogens with one attached hydrogen (secondary N) is 2. The lowest BCUT2D eigenvalue weighted by molar-refractivity contribution is -0.114. The molecule has 2 N–H and O–H groups in total. The van der Waals surface area contributed by atoms with Crippen molar-refractivity contribution in [3.63, 3.8) is 0 Å². The SMILES string of the molecule is CC(=O)Nc1ccc(S(=O)(=O)NCC2Cn3ccnc3CO2)cc1. The van der Waals surface area contributed by atoms with Gasteiger partial charge in [0, 0.05) is 31.5 Å². The quantitative estimate of drug-likeness (QED) is 0.827. The standard InChI is InChI=1S/C15H18N4O4S/c1-11(20)18-12-2-4-14(5-3-12)24(21,22)17-8-13-9-19-7-6-16-15(19)10-23-13/h2-7,13,17H,8-10H2,1H3,(H,18,20). The van der Waals surface area contributed by atoms with Crippen molar-refractivity contribution in [2.75, 3.05) is 11.9 Å². The molecule has 0 aliphatic carbocycles. The Labute approximate surface area is 139 Å². The van der Waals surface area contributed by atoms with Crippen molar-refractivity contribution in [1.29, 1.82) is 0 Å². The summed E-state index contributed by atoms with van der Waals surface area (Å²) in [6.45, 7) is 2.49. The van der Waals surface area contributed by atoms with Crippen LogP contribution in [0.3, 0.4) is 0 Å². The predicted molar refractivity (Wildman–Crippen MR) is 86.7 cm³/mol. The number of ether oxygens (including phenoxy) is 1. The number of benzene rings is 1. The first kappa shape index (κ1) is 16.6. The van der Waals surface area contributed by atoms with Crippen LogP contribution < -0.4 is 10.0 Å². The van der Waals surface area contributed by atoms with Gasteiger partial charge in [-0.2, -0.15) is 0 Å². The highest BCUT2D eigenvalue weighted by molar-refractivity contribution is 7.89. The maximum Gasteiger partial charge on any atom is 0.240 e. The van der Waals surface area contributed by atoms with E-state index in [4.69, 9.17) is 4.74 Å². The van der Waals surface area contributed by atoms with E-state index in [1.54, 1.807) is 18.3 Å². The summed E-state index contributed by atoms with van der Waals surface area (Å²) in [5.41, 5.74) is 0.546. The number of carbonyl (C=O) groups is 1. The molecule has 0 fully saturated rings. The molecule has 1 unspecified atom stereocenters. The predicted octanol–water partition coefficient (Wildman–Crippen LogP) is 0.719. The second-order valence-corrected chi connectivity index (χ2v) is 7.25. The lowest BCUT2D eigenvalue weighted by Crippen LogP contribution is -2.38. The molecule has 3 rings (SSSR count). The average Bonchev–Trinajstić information content (AvgIpc) is 3.00. The van der Waals surface area contributed by atoms with Crippen LogP contribution in [0, 0.1) is 0 Å². The topological polar surface area (TPSA) is 102 Å². The molecule has 128 valence electrons. The molecule has 0 bridgehead atoms. The van der Waals surface area contributed by atoms with Gasteiger partial charge in [0.1, 0.15) is 12.4 Å². The van der Waals surface area contributed by atoms with Crippen LogP contribution in [0.2, 0.25) is 0 Å². The van der Waals surface area contributed by atoms with E-state index >= 15 is 0 Å². The zero-order chi connectivity index (χ0) is 17.2. The zero-order valence-corrected chi connectivity index (χ0v) is 13.9. The molecule has 2 aromatic rings. The average molecular weight is 350 g/mol. The summed E-state index contributed by atoms with van der Waals surface area (Å²) in [6, 6.07) is 5.99. The van der Waals surface area contributed by atoms with Crippen molar-refractivity contribution < 1.29 is 17.9 Å². The van der Waals surface area contributed by atoms with E-state index in [1.165, 1.54) is 19.1 Å². The fraction of sp³-hybridized carbons (Fsp3) is 0.333. The summed E-state index contributed by atoms with van der Waals surface area (Å²) in [6.07, 6.45) is 3.29. The molecule has 0 saturated carbocycles. The Kier molecular flexibility index (Phi) is 4.65. The fourth-order valence-electron chi connectivity index (χ4n) is 2.44. The van der Waals surface area contributed by atoms with Crippen molar-refractivity contribution >= 4 is 21.6 Å². The maximum absolute atomic E-state index is 12.3. The monoisotopic (exact) mass is 350 g/mol. The van der Waals surface area contributed by atoms with Crippen molar-refractivity contribution in [3.8, 4) is 0 Å². The molecule has 1 amide bonds. The first-order valence-corrected chi connectivity index (χ1v) is 8.91. The van der Waals surface area contributed by atoms with Gasteiger partial charge < -0.3 is 14.6 Å². The summed E-state index contributed by atoms with van der Waals surface area (Å²) in [5, 5.41) is 2.59. The summed E-state index contributed by atoms with van der Waals surface area (Å²) < 4.78 is 34.8. The molecule has 0 radical (unpaired) electrons. The number of aromatic nitrogens is 2. The fourth-order valence-corrected chi connectivity index (χ4v) is 3.51. The van der Waals surface area contributed by atoms with Gasteiger partial charge in [-0.1, -0.05) is 0 Å². The Balaban J connectivity index is 1.61. The third-order valence-corrected chi connectivity index (χ3v) is 5.08. The minimum absolute atomic E-state index is 0.135. The van der Waals surface area contributed by atoms with Gasteiger partial charge in [0.2, 0.25) is 15.9 Å². The smallest absolute Gasteiger partial charge is 0.240 e. The maximum atomic E-state index is 12.3. The molecule has 9 heteroatoms. The van der Waals surface area contributed by atoms with Gasteiger partial charge in [-0.3, -0.25) is 4.79 Å². The number of anilines is 1. The van der Waals surface area contributed by atoms with Crippen LogP contribution in [0.15, 0.2) is 41.6 Å². The Morgan fingerprint density at radius 3 is 2.83 bits per heavy atom. The second-order valence-electron chi connectivity index (χ2n) is 5.49. The van der Waals surface area contributed by atoms with Gasteiger partial charge in [0.15, 0.2) is 0 Å². The van der Waals surface area contributed by atoms with Crippen LogP contribution in [-0.2, 0) is 32.7 Å². The minimum Gasteiger partial charge on any atom is -0.367 e. The van der Waals surface area contributed by atoms with Gasteiger partial charge in [0.25, 0.3) is 0 Å². The summed E-state index contributed by atoms with van der Waals surface area (Å²) in [4.78, 5) is 15.3. The Hall–Kier alpha value is -2.23. The molecule has 1 aliphatic rings. The number of rotatable bonds is 5. The largest absolute Gasteiger partial charge is 0.367 e. The van der Waals surface area contributed by atoms with Gasteiger partial charge in [-0.05, 0) is 24.3 Å². The highest BCUT2D eigenvalue weighted by atomic mass is 32.2. The molecule has 1 atom stereocenters. The minimum atomic E-state index is -3.64. The van der Waals surface area contributed by atoms with Crippen molar-refractivity contribution in [2.45, 2.75) is 31.1 Å². The summed E-state index contributed by atoms with van der Waals surface area (Å²) in [5.74, 6) is 0.625. The molecular weight excluding hydrogens is 332 g/mol. The third-order valence-electron chi connectivity index (χ3n) is 3.64. The highest BCUT2D eigenvalue weighted by Crippen LogP contribution is 2.15. The number of amides is 1. The normalized spacial score (nSPS) is 17.3. The first-order valence-electron chi connectivity index (χ1n) is 7.43. The lowest BCUT2D eigenvalue weighted by Gasteiger charge is -2.24.